The minimum atomic E-state index is 0.451. The number of nitrogens with zero attached hydrogens (tertiary/aromatic N) is 2. The molecule has 4 rings (SSSR count). The van der Waals surface area contributed by atoms with Gasteiger partial charge in [0, 0.05) is 30.7 Å². The summed E-state index contributed by atoms with van der Waals surface area (Å²) in [6.07, 6.45) is 4.51. The van der Waals surface area contributed by atoms with Crippen LogP contribution in [0, 0.1) is 0 Å². The predicted octanol–water partition coefficient (Wildman–Crippen LogP) is 4.16. The first kappa shape index (κ1) is 16.2. The molecule has 1 unspecified atom stereocenters. The van der Waals surface area contributed by atoms with Crippen LogP contribution >= 0.6 is 0 Å². The Morgan fingerprint density at radius 2 is 1.72 bits per heavy atom. The van der Waals surface area contributed by atoms with Gasteiger partial charge in [-0.15, -0.1) is 0 Å². The van der Waals surface area contributed by atoms with Crippen molar-refractivity contribution in [3.8, 4) is 0 Å². The Hall–Kier alpha value is -2.23. The highest BCUT2D eigenvalue weighted by Crippen LogP contribution is 2.24. The van der Waals surface area contributed by atoms with Gasteiger partial charge in [-0.2, -0.15) is 0 Å². The van der Waals surface area contributed by atoms with Crippen LogP contribution in [0.25, 0.3) is 10.9 Å². The molecule has 2 aromatic carbocycles. The van der Waals surface area contributed by atoms with Crippen molar-refractivity contribution in [1.29, 1.82) is 0 Å². The van der Waals surface area contributed by atoms with Crippen molar-refractivity contribution in [1.82, 2.24) is 15.2 Å². The normalized spacial score (nSPS) is 16.3. The minimum absolute atomic E-state index is 0.451. The Morgan fingerprint density at radius 3 is 2.56 bits per heavy atom. The lowest BCUT2D eigenvalue weighted by molar-refractivity contribution is 0.238. The lowest BCUT2D eigenvalue weighted by atomic mass is 10.1. The highest BCUT2D eigenvalue weighted by molar-refractivity contribution is 5.81. The van der Waals surface area contributed by atoms with E-state index in [2.05, 4.69) is 69.8 Å². The number of aromatic nitrogens is 1. The van der Waals surface area contributed by atoms with Gasteiger partial charge in [-0.25, -0.2) is 0 Å². The molecule has 1 saturated heterocycles. The van der Waals surface area contributed by atoms with E-state index in [0.29, 0.717) is 6.04 Å². The summed E-state index contributed by atoms with van der Waals surface area (Å²) in [4.78, 5) is 7.18. The quantitative estimate of drug-likeness (QED) is 0.735. The molecule has 0 radical (unpaired) electrons. The molecule has 0 spiro atoms. The van der Waals surface area contributed by atoms with Gasteiger partial charge in [0.05, 0.1) is 5.52 Å². The number of benzene rings is 2. The van der Waals surface area contributed by atoms with Gasteiger partial charge < -0.3 is 5.32 Å². The predicted molar refractivity (Wildman–Crippen MR) is 103 cm³/mol. The Balaban J connectivity index is 1.47. The molecular formula is C22H25N3. The minimum Gasteiger partial charge on any atom is -0.311 e. The monoisotopic (exact) mass is 331 g/mol. The fourth-order valence-corrected chi connectivity index (χ4v) is 3.84. The molecule has 2 heterocycles. The van der Waals surface area contributed by atoms with E-state index >= 15 is 0 Å². The maximum Gasteiger partial charge on any atom is 0.0746 e. The Kier molecular flexibility index (Phi) is 5.05. The van der Waals surface area contributed by atoms with Gasteiger partial charge in [0.25, 0.3) is 0 Å². The van der Waals surface area contributed by atoms with Crippen molar-refractivity contribution in [3.63, 3.8) is 0 Å². The number of hydrogen-bond acceptors (Lipinski definition) is 3. The Labute approximate surface area is 149 Å². The topological polar surface area (TPSA) is 28.2 Å². The molecule has 128 valence electrons. The number of likely N-dealkylation sites (tertiary alicyclic amines) is 1. The standard InChI is InChI=1S/C22H25N3/c1-2-8-18(9-3-1)21(25-14-4-5-15-25)17-23-16-20-11-6-10-19-12-7-13-24-22(19)20/h1-3,6-13,21,23H,4-5,14-17H2. The van der Waals surface area contributed by atoms with E-state index in [1.807, 2.05) is 12.3 Å². The van der Waals surface area contributed by atoms with Gasteiger partial charge >= 0.3 is 0 Å². The highest BCUT2D eigenvalue weighted by atomic mass is 15.2. The average molecular weight is 331 g/mol. The van der Waals surface area contributed by atoms with Gasteiger partial charge in [-0.3, -0.25) is 9.88 Å². The molecule has 0 bridgehead atoms. The summed E-state index contributed by atoms with van der Waals surface area (Å²) in [6.45, 7) is 4.23. The van der Waals surface area contributed by atoms with Gasteiger partial charge in [-0.05, 0) is 43.1 Å². The average Bonchev–Trinajstić information content (AvgIpc) is 3.20. The second-order valence-corrected chi connectivity index (χ2v) is 6.79. The number of fused-ring (bicyclic) bond motifs is 1. The fraction of sp³-hybridized carbons (Fsp3) is 0.318. The number of hydrogen-bond donors (Lipinski definition) is 1. The molecule has 1 aliphatic rings. The molecule has 1 aromatic heterocycles. The van der Waals surface area contributed by atoms with E-state index in [-0.39, 0.29) is 0 Å². The molecule has 1 aliphatic heterocycles. The molecule has 1 atom stereocenters. The van der Waals surface area contributed by atoms with Crippen LogP contribution in [0.3, 0.4) is 0 Å². The Bertz CT molecular complexity index is 804. The van der Waals surface area contributed by atoms with Gasteiger partial charge in [0.2, 0.25) is 0 Å². The molecule has 0 saturated carbocycles. The van der Waals surface area contributed by atoms with Crippen molar-refractivity contribution in [2.45, 2.75) is 25.4 Å². The molecular weight excluding hydrogens is 306 g/mol. The van der Waals surface area contributed by atoms with Crippen LogP contribution in [0.5, 0.6) is 0 Å². The van der Waals surface area contributed by atoms with Crippen LogP contribution in [0.4, 0.5) is 0 Å². The summed E-state index contributed by atoms with van der Waals surface area (Å²) in [5, 5.41) is 4.90. The summed E-state index contributed by atoms with van der Waals surface area (Å²) >= 11 is 0. The number of para-hydroxylation sites is 1. The van der Waals surface area contributed by atoms with Crippen molar-refractivity contribution in [3.05, 3.63) is 78.0 Å². The van der Waals surface area contributed by atoms with Crippen LogP contribution in [-0.4, -0.2) is 29.5 Å². The van der Waals surface area contributed by atoms with E-state index in [4.69, 9.17) is 0 Å². The molecule has 3 heteroatoms. The van der Waals surface area contributed by atoms with Gasteiger partial charge in [-0.1, -0.05) is 54.6 Å². The van der Waals surface area contributed by atoms with Crippen molar-refractivity contribution in [2.75, 3.05) is 19.6 Å². The van der Waals surface area contributed by atoms with E-state index < -0.39 is 0 Å². The molecule has 1 fully saturated rings. The second-order valence-electron chi connectivity index (χ2n) is 6.79. The van der Waals surface area contributed by atoms with Crippen LogP contribution in [-0.2, 0) is 6.54 Å². The van der Waals surface area contributed by atoms with E-state index in [1.165, 1.54) is 42.4 Å². The molecule has 3 aromatic rings. The van der Waals surface area contributed by atoms with Crippen LogP contribution in [0.1, 0.15) is 30.0 Å². The highest BCUT2D eigenvalue weighted by Gasteiger charge is 2.22. The SMILES string of the molecule is c1ccc(C(CNCc2cccc3cccnc23)N2CCCC2)cc1. The van der Waals surface area contributed by atoms with Crippen molar-refractivity contribution < 1.29 is 0 Å². The summed E-state index contributed by atoms with van der Waals surface area (Å²) in [5.74, 6) is 0. The van der Waals surface area contributed by atoms with Gasteiger partial charge in [0.1, 0.15) is 0 Å². The summed E-state index contributed by atoms with van der Waals surface area (Å²) < 4.78 is 0. The fourth-order valence-electron chi connectivity index (χ4n) is 3.84. The van der Waals surface area contributed by atoms with E-state index in [1.54, 1.807) is 0 Å². The van der Waals surface area contributed by atoms with Crippen LogP contribution in [0.15, 0.2) is 66.9 Å². The lowest BCUT2D eigenvalue weighted by Gasteiger charge is -2.28. The first-order valence-electron chi connectivity index (χ1n) is 9.24. The summed E-state index contributed by atoms with van der Waals surface area (Å²) in [6, 6.07) is 21.9. The first-order valence-corrected chi connectivity index (χ1v) is 9.24. The second kappa shape index (κ2) is 7.77. The van der Waals surface area contributed by atoms with Crippen LogP contribution in [0.2, 0.25) is 0 Å². The molecule has 3 nitrogen and oxygen atoms in total. The molecule has 0 aliphatic carbocycles. The zero-order chi connectivity index (χ0) is 16.9. The van der Waals surface area contributed by atoms with Crippen molar-refractivity contribution in [2.24, 2.45) is 0 Å². The molecule has 1 N–H and O–H groups in total. The first-order chi connectivity index (χ1) is 12.4. The number of pyridine rings is 1. The third kappa shape index (κ3) is 3.73. The zero-order valence-electron chi connectivity index (χ0n) is 14.6. The largest absolute Gasteiger partial charge is 0.311 e. The molecule has 0 amide bonds. The van der Waals surface area contributed by atoms with Gasteiger partial charge in [0.15, 0.2) is 0 Å². The number of nitrogens with one attached hydrogen (secondary N) is 1. The summed E-state index contributed by atoms with van der Waals surface area (Å²) in [7, 11) is 0. The molecule has 25 heavy (non-hydrogen) atoms. The summed E-state index contributed by atoms with van der Waals surface area (Å²) in [5.41, 5.74) is 3.79. The maximum atomic E-state index is 4.56. The van der Waals surface area contributed by atoms with E-state index in [9.17, 15) is 0 Å². The smallest absolute Gasteiger partial charge is 0.0746 e. The lowest BCUT2D eigenvalue weighted by Crippen LogP contribution is -2.34. The van der Waals surface area contributed by atoms with E-state index in [0.717, 1.165) is 18.6 Å². The zero-order valence-corrected chi connectivity index (χ0v) is 14.6. The number of rotatable bonds is 6. The maximum absolute atomic E-state index is 4.56. The third-order valence-corrected chi connectivity index (χ3v) is 5.14. The third-order valence-electron chi connectivity index (χ3n) is 5.14. The van der Waals surface area contributed by atoms with Crippen molar-refractivity contribution >= 4 is 10.9 Å². The Morgan fingerprint density at radius 1 is 0.920 bits per heavy atom. The van der Waals surface area contributed by atoms with Crippen LogP contribution < -0.4 is 5.32 Å².